The van der Waals surface area contributed by atoms with Gasteiger partial charge in [-0.15, -0.1) is 0 Å². The Balaban J connectivity index is 2.42. The van der Waals surface area contributed by atoms with Crippen LogP contribution in [0.15, 0.2) is 0 Å². The van der Waals surface area contributed by atoms with Gasteiger partial charge in [-0.1, -0.05) is 20.8 Å². The van der Waals surface area contributed by atoms with E-state index in [0.717, 1.165) is 13.1 Å². The third kappa shape index (κ3) is 4.12. The predicted octanol–water partition coefficient (Wildman–Crippen LogP) is 2.31. The minimum atomic E-state index is -0.0861. The number of carbonyl (C=O) groups excluding carboxylic acids is 1. The number of esters is 1. The van der Waals surface area contributed by atoms with E-state index in [-0.39, 0.29) is 5.97 Å². The van der Waals surface area contributed by atoms with Gasteiger partial charge in [0.25, 0.3) is 0 Å². The summed E-state index contributed by atoms with van der Waals surface area (Å²) in [6.07, 6.45) is 2.48. The molecule has 3 nitrogen and oxygen atoms in total. The number of hydrogen-bond acceptors (Lipinski definition) is 3. The number of nitrogens with zero attached hydrogens (tertiary/aromatic N) is 1. The van der Waals surface area contributed by atoms with Crippen LogP contribution in [0, 0.1) is 11.3 Å². The number of rotatable bonds is 3. The lowest BCUT2D eigenvalue weighted by atomic mass is 9.76. The van der Waals surface area contributed by atoms with Gasteiger partial charge in [-0.2, -0.15) is 0 Å². The normalized spacial score (nSPS) is 23.1. The molecule has 1 rings (SSSR count). The Kier molecular flexibility index (Phi) is 4.78. The quantitative estimate of drug-likeness (QED) is 0.693. The summed E-state index contributed by atoms with van der Waals surface area (Å²) in [5.41, 5.74) is 0.341. The van der Waals surface area contributed by atoms with Crippen LogP contribution in [0.1, 0.15) is 40.5 Å². The largest absolute Gasteiger partial charge is 0.465 e. The summed E-state index contributed by atoms with van der Waals surface area (Å²) in [7, 11) is 0. The second-order valence-electron chi connectivity index (χ2n) is 5.75. The summed E-state index contributed by atoms with van der Waals surface area (Å²) < 4.78 is 4.98. The highest BCUT2D eigenvalue weighted by Crippen LogP contribution is 2.32. The van der Waals surface area contributed by atoms with Crippen molar-refractivity contribution >= 4 is 5.97 Å². The smallest absolute Gasteiger partial charge is 0.320 e. The fourth-order valence-corrected chi connectivity index (χ4v) is 2.30. The zero-order chi connectivity index (χ0) is 12.2. The van der Waals surface area contributed by atoms with E-state index in [1.165, 1.54) is 12.8 Å². The molecular formula is C13H25NO2. The number of piperidine rings is 1. The SMILES string of the molecule is CCOC(=O)CN1CCCC(C(C)(C)C)C1. The minimum absolute atomic E-state index is 0.0861. The third-order valence-corrected chi connectivity index (χ3v) is 3.39. The standard InChI is InChI=1S/C13H25NO2/c1-5-16-12(15)10-14-8-6-7-11(9-14)13(2,3)4/h11H,5-10H2,1-4H3. The molecule has 0 radical (unpaired) electrons. The Bertz CT molecular complexity index is 233. The first-order valence-electron chi connectivity index (χ1n) is 6.31. The molecule has 0 saturated carbocycles. The molecule has 1 heterocycles. The minimum Gasteiger partial charge on any atom is -0.465 e. The molecule has 0 aliphatic carbocycles. The summed E-state index contributed by atoms with van der Waals surface area (Å²) in [4.78, 5) is 13.6. The molecule has 1 unspecified atom stereocenters. The molecule has 0 amide bonds. The van der Waals surface area contributed by atoms with Gasteiger partial charge in [-0.25, -0.2) is 0 Å². The number of ether oxygens (including phenoxy) is 1. The molecule has 3 heteroatoms. The number of likely N-dealkylation sites (tertiary alicyclic amines) is 1. The van der Waals surface area contributed by atoms with E-state index >= 15 is 0 Å². The Labute approximate surface area is 99.1 Å². The van der Waals surface area contributed by atoms with Gasteiger partial charge in [0.15, 0.2) is 0 Å². The number of hydrogen-bond donors (Lipinski definition) is 0. The van der Waals surface area contributed by atoms with E-state index in [2.05, 4.69) is 25.7 Å². The lowest BCUT2D eigenvalue weighted by Crippen LogP contribution is -2.43. The van der Waals surface area contributed by atoms with E-state index in [0.29, 0.717) is 24.5 Å². The van der Waals surface area contributed by atoms with E-state index in [1.807, 2.05) is 6.92 Å². The van der Waals surface area contributed by atoms with Crippen molar-refractivity contribution in [3.05, 3.63) is 0 Å². The molecule has 0 aromatic heterocycles. The van der Waals surface area contributed by atoms with Crippen molar-refractivity contribution in [1.82, 2.24) is 4.90 Å². The average Bonchev–Trinajstić information content (AvgIpc) is 2.17. The average molecular weight is 227 g/mol. The molecule has 1 aliphatic rings. The van der Waals surface area contributed by atoms with Crippen LogP contribution < -0.4 is 0 Å². The second kappa shape index (κ2) is 5.67. The maximum absolute atomic E-state index is 11.4. The van der Waals surface area contributed by atoms with Crippen molar-refractivity contribution in [3.63, 3.8) is 0 Å². The fraction of sp³-hybridized carbons (Fsp3) is 0.923. The third-order valence-electron chi connectivity index (χ3n) is 3.39. The van der Waals surface area contributed by atoms with Gasteiger partial charge in [0.1, 0.15) is 0 Å². The molecule has 16 heavy (non-hydrogen) atoms. The lowest BCUT2D eigenvalue weighted by molar-refractivity contribution is -0.145. The van der Waals surface area contributed by atoms with Gasteiger partial charge >= 0.3 is 5.97 Å². The Morgan fingerprint density at radius 3 is 2.69 bits per heavy atom. The second-order valence-corrected chi connectivity index (χ2v) is 5.75. The summed E-state index contributed by atoms with van der Waals surface area (Å²) in [6.45, 7) is 11.7. The van der Waals surface area contributed by atoms with Gasteiger partial charge in [0.2, 0.25) is 0 Å². The maximum Gasteiger partial charge on any atom is 0.320 e. The van der Waals surface area contributed by atoms with E-state index in [1.54, 1.807) is 0 Å². The molecule has 0 aromatic carbocycles. The Morgan fingerprint density at radius 2 is 2.12 bits per heavy atom. The van der Waals surface area contributed by atoms with Crippen molar-refractivity contribution in [2.24, 2.45) is 11.3 Å². The van der Waals surface area contributed by atoms with E-state index in [9.17, 15) is 4.79 Å². The van der Waals surface area contributed by atoms with Crippen molar-refractivity contribution in [1.29, 1.82) is 0 Å². The zero-order valence-corrected chi connectivity index (χ0v) is 11.1. The summed E-state index contributed by atoms with van der Waals surface area (Å²) in [5.74, 6) is 0.604. The summed E-state index contributed by atoms with van der Waals surface area (Å²) in [6, 6.07) is 0. The van der Waals surface area contributed by atoms with Crippen LogP contribution in [0.5, 0.6) is 0 Å². The maximum atomic E-state index is 11.4. The molecule has 1 atom stereocenters. The molecule has 1 fully saturated rings. The fourth-order valence-electron chi connectivity index (χ4n) is 2.30. The van der Waals surface area contributed by atoms with Crippen LogP contribution in [0.4, 0.5) is 0 Å². The number of carbonyl (C=O) groups is 1. The lowest BCUT2D eigenvalue weighted by Gasteiger charge is -2.39. The van der Waals surface area contributed by atoms with Crippen molar-refractivity contribution in [2.75, 3.05) is 26.2 Å². The molecule has 94 valence electrons. The van der Waals surface area contributed by atoms with Gasteiger partial charge in [-0.3, -0.25) is 9.69 Å². The molecule has 0 bridgehead atoms. The highest BCUT2D eigenvalue weighted by molar-refractivity contribution is 5.71. The monoisotopic (exact) mass is 227 g/mol. The van der Waals surface area contributed by atoms with Crippen LogP contribution in [-0.4, -0.2) is 37.1 Å². The van der Waals surface area contributed by atoms with Crippen molar-refractivity contribution < 1.29 is 9.53 Å². The molecule has 0 spiro atoms. The van der Waals surface area contributed by atoms with Crippen LogP contribution in [-0.2, 0) is 9.53 Å². The van der Waals surface area contributed by atoms with Crippen LogP contribution in [0.2, 0.25) is 0 Å². The Morgan fingerprint density at radius 1 is 1.44 bits per heavy atom. The van der Waals surface area contributed by atoms with Crippen LogP contribution in [0.3, 0.4) is 0 Å². The summed E-state index contributed by atoms with van der Waals surface area (Å²) >= 11 is 0. The van der Waals surface area contributed by atoms with Gasteiger partial charge < -0.3 is 4.74 Å². The van der Waals surface area contributed by atoms with E-state index < -0.39 is 0 Å². The first kappa shape index (κ1) is 13.5. The first-order valence-corrected chi connectivity index (χ1v) is 6.31. The highest BCUT2D eigenvalue weighted by atomic mass is 16.5. The van der Waals surface area contributed by atoms with Gasteiger partial charge in [0.05, 0.1) is 13.2 Å². The van der Waals surface area contributed by atoms with Gasteiger partial charge in [-0.05, 0) is 37.6 Å². The molecular weight excluding hydrogens is 202 g/mol. The Hall–Kier alpha value is -0.570. The topological polar surface area (TPSA) is 29.5 Å². The van der Waals surface area contributed by atoms with Crippen LogP contribution in [0.25, 0.3) is 0 Å². The summed E-state index contributed by atoms with van der Waals surface area (Å²) in [5, 5.41) is 0. The molecule has 1 saturated heterocycles. The van der Waals surface area contributed by atoms with Gasteiger partial charge in [0, 0.05) is 6.54 Å². The van der Waals surface area contributed by atoms with Crippen molar-refractivity contribution in [2.45, 2.75) is 40.5 Å². The molecule has 1 aliphatic heterocycles. The molecule has 0 N–H and O–H groups in total. The van der Waals surface area contributed by atoms with Crippen molar-refractivity contribution in [3.8, 4) is 0 Å². The molecule has 0 aromatic rings. The van der Waals surface area contributed by atoms with E-state index in [4.69, 9.17) is 4.74 Å². The van der Waals surface area contributed by atoms with Crippen LogP contribution >= 0.6 is 0 Å². The zero-order valence-electron chi connectivity index (χ0n) is 11.1. The predicted molar refractivity (Wildman–Crippen MR) is 65.3 cm³/mol. The highest BCUT2D eigenvalue weighted by Gasteiger charge is 2.30. The first-order chi connectivity index (χ1) is 7.43.